The van der Waals surface area contributed by atoms with Gasteiger partial charge in [-0.05, 0) is 13.8 Å². The molecule has 0 saturated heterocycles. The Hall–Kier alpha value is -1.74. The second-order valence-corrected chi connectivity index (χ2v) is 2.68. The third-order valence-corrected chi connectivity index (χ3v) is 1.87. The minimum Gasteiger partial charge on any atom is -0.272 e. The van der Waals surface area contributed by atoms with Gasteiger partial charge >= 0.3 is 0 Å². The minimum atomic E-state index is -0.585. The molecule has 1 aromatic rings. The molecule has 0 radical (unpaired) electrons. The normalized spacial score (nSPS) is 9.46. The number of carbonyl (C=O) groups is 1. The number of aliphatic imine (C=N–C) groups is 1. The lowest BCUT2D eigenvalue weighted by Gasteiger charge is -1.93. The number of nitrogens with zero attached hydrogens (tertiary/aromatic N) is 3. The van der Waals surface area contributed by atoms with Gasteiger partial charge in [-0.15, -0.1) is 4.99 Å². The number of amides is 1. The first-order chi connectivity index (χ1) is 6.07. The molecule has 0 fully saturated rings. The molecule has 0 atom stereocenters. The van der Waals surface area contributed by atoms with Gasteiger partial charge in [-0.25, -0.2) is 4.79 Å². The van der Waals surface area contributed by atoms with Crippen LogP contribution in [0.2, 0.25) is 0 Å². The molecule has 0 aliphatic heterocycles. The zero-order chi connectivity index (χ0) is 10.0. The van der Waals surface area contributed by atoms with E-state index in [9.17, 15) is 9.59 Å². The highest BCUT2D eigenvalue weighted by Gasteiger charge is 2.16. The maximum atomic E-state index is 11.2. The predicted molar refractivity (Wildman–Crippen MR) is 45.1 cm³/mol. The summed E-state index contributed by atoms with van der Waals surface area (Å²) in [7, 11) is 1.73. The van der Waals surface area contributed by atoms with E-state index >= 15 is 0 Å². The van der Waals surface area contributed by atoms with E-state index in [2.05, 4.69) is 10.1 Å². The Balaban J connectivity index is 3.28. The number of aromatic nitrogens is 2. The Morgan fingerprint density at radius 2 is 2.15 bits per heavy atom. The maximum Gasteiger partial charge on any atom is 0.291 e. The summed E-state index contributed by atoms with van der Waals surface area (Å²) >= 11 is 0. The predicted octanol–water partition coefficient (Wildman–Crippen LogP) is 0.513. The van der Waals surface area contributed by atoms with Gasteiger partial charge in [0.15, 0.2) is 0 Å². The zero-order valence-corrected chi connectivity index (χ0v) is 7.66. The molecule has 1 aromatic heterocycles. The fourth-order valence-corrected chi connectivity index (χ4v) is 1.18. The Labute approximate surface area is 75.1 Å². The van der Waals surface area contributed by atoms with E-state index in [4.69, 9.17) is 0 Å². The third kappa shape index (κ3) is 1.55. The first-order valence-electron chi connectivity index (χ1n) is 3.70. The van der Waals surface area contributed by atoms with E-state index in [1.165, 1.54) is 6.08 Å². The third-order valence-electron chi connectivity index (χ3n) is 1.87. The lowest BCUT2D eigenvalue weighted by atomic mass is 10.2. The van der Waals surface area contributed by atoms with Crippen LogP contribution in [0.4, 0.5) is 0 Å². The van der Waals surface area contributed by atoms with Crippen molar-refractivity contribution in [1.29, 1.82) is 0 Å². The molecule has 1 amide bonds. The molecular formula is C8H9N3O2. The molecule has 13 heavy (non-hydrogen) atoms. The fraction of sp³-hybridized carbons (Fsp3) is 0.375. The van der Waals surface area contributed by atoms with Crippen LogP contribution in [0.25, 0.3) is 0 Å². The highest BCUT2D eigenvalue weighted by molar-refractivity contribution is 5.99. The first kappa shape index (κ1) is 9.35. The van der Waals surface area contributed by atoms with Gasteiger partial charge in [0.1, 0.15) is 0 Å². The van der Waals surface area contributed by atoms with Crippen LogP contribution in [0.5, 0.6) is 0 Å². The number of rotatable bonds is 1. The van der Waals surface area contributed by atoms with Gasteiger partial charge in [-0.1, -0.05) is 0 Å². The summed E-state index contributed by atoms with van der Waals surface area (Å²) in [4.78, 5) is 24.1. The smallest absolute Gasteiger partial charge is 0.272 e. The van der Waals surface area contributed by atoms with Crippen LogP contribution in [-0.4, -0.2) is 21.8 Å². The Bertz CT molecular complexity index is 400. The fourth-order valence-electron chi connectivity index (χ4n) is 1.18. The Kier molecular flexibility index (Phi) is 2.39. The summed E-state index contributed by atoms with van der Waals surface area (Å²) in [6.07, 6.45) is 1.22. The van der Waals surface area contributed by atoms with Gasteiger partial charge in [0.05, 0.1) is 11.3 Å². The average molecular weight is 179 g/mol. The molecule has 1 heterocycles. The van der Waals surface area contributed by atoms with Crippen LogP contribution in [0, 0.1) is 13.8 Å². The molecule has 0 aromatic carbocycles. The van der Waals surface area contributed by atoms with Crippen molar-refractivity contribution in [3.8, 4) is 0 Å². The van der Waals surface area contributed by atoms with Crippen LogP contribution in [-0.2, 0) is 11.8 Å². The number of hydrogen-bond donors (Lipinski definition) is 0. The number of aryl methyl sites for hydroxylation is 2. The van der Waals surface area contributed by atoms with E-state index < -0.39 is 5.91 Å². The topological polar surface area (TPSA) is 64.3 Å². The summed E-state index contributed by atoms with van der Waals surface area (Å²) < 4.78 is 1.57. The molecule has 0 spiro atoms. The molecule has 0 saturated carbocycles. The van der Waals surface area contributed by atoms with Crippen molar-refractivity contribution >= 4 is 12.0 Å². The van der Waals surface area contributed by atoms with Crippen molar-refractivity contribution in [1.82, 2.24) is 9.78 Å². The molecule has 0 N–H and O–H groups in total. The van der Waals surface area contributed by atoms with Gasteiger partial charge in [-0.3, -0.25) is 9.48 Å². The molecule has 5 nitrogen and oxygen atoms in total. The Morgan fingerprint density at radius 3 is 2.54 bits per heavy atom. The van der Waals surface area contributed by atoms with Crippen molar-refractivity contribution in [2.24, 2.45) is 12.0 Å². The van der Waals surface area contributed by atoms with Crippen LogP contribution < -0.4 is 0 Å². The summed E-state index contributed by atoms with van der Waals surface area (Å²) in [6.45, 7) is 3.44. The minimum absolute atomic E-state index is 0.380. The number of carbonyl (C=O) groups excluding carboxylic acids is 2. The molecular weight excluding hydrogens is 170 g/mol. The van der Waals surface area contributed by atoms with Crippen LogP contribution >= 0.6 is 0 Å². The molecule has 0 aliphatic carbocycles. The van der Waals surface area contributed by atoms with Crippen LogP contribution in [0.15, 0.2) is 4.99 Å². The summed E-state index contributed by atoms with van der Waals surface area (Å²) in [5, 5.41) is 4.02. The number of hydrogen-bond acceptors (Lipinski definition) is 3. The molecule has 0 bridgehead atoms. The van der Waals surface area contributed by atoms with Gasteiger partial charge in [0, 0.05) is 12.7 Å². The lowest BCUT2D eigenvalue weighted by Crippen LogP contribution is -1.99. The lowest BCUT2D eigenvalue weighted by molar-refractivity contribution is 0.100. The largest absolute Gasteiger partial charge is 0.291 e. The highest BCUT2D eigenvalue weighted by atomic mass is 16.2. The Morgan fingerprint density at radius 1 is 1.54 bits per heavy atom. The highest BCUT2D eigenvalue weighted by Crippen LogP contribution is 2.12. The van der Waals surface area contributed by atoms with E-state index in [-0.39, 0.29) is 0 Å². The van der Waals surface area contributed by atoms with Crippen molar-refractivity contribution in [2.75, 3.05) is 0 Å². The molecule has 68 valence electrons. The summed E-state index contributed by atoms with van der Waals surface area (Å²) in [5.41, 5.74) is 1.65. The van der Waals surface area contributed by atoms with E-state index in [0.717, 1.165) is 0 Å². The zero-order valence-electron chi connectivity index (χ0n) is 7.66. The van der Waals surface area contributed by atoms with Crippen molar-refractivity contribution < 1.29 is 9.59 Å². The average Bonchev–Trinajstić information content (AvgIpc) is 2.27. The standard InChI is InChI=1S/C8H9N3O2/c1-5-7(8(13)9-4-12)6(2)11(3)10-5/h1-3H3. The number of isocyanates is 1. The summed E-state index contributed by atoms with van der Waals surface area (Å²) in [6, 6.07) is 0. The van der Waals surface area contributed by atoms with Crippen LogP contribution in [0.3, 0.4) is 0 Å². The maximum absolute atomic E-state index is 11.2. The van der Waals surface area contributed by atoms with E-state index in [1.54, 1.807) is 25.6 Å². The van der Waals surface area contributed by atoms with Crippen molar-refractivity contribution in [3.05, 3.63) is 17.0 Å². The van der Waals surface area contributed by atoms with Gasteiger partial charge in [0.25, 0.3) is 5.91 Å². The molecule has 5 heteroatoms. The molecule has 0 unspecified atom stereocenters. The van der Waals surface area contributed by atoms with Crippen molar-refractivity contribution in [3.63, 3.8) is 0 Å². The van der Waals surface area contributed by atoms with Gasteiger partial charge in [-0.2, -0.15) is 5.10 Å². The van der Waals surface area contributed by atoms with Gasteiger partial charge < -0.3 is 0 Å². The van der Waals surface area contributed by atoms with Crippen LogP contribution in [0.1, 0.15) is 21.7 Å². The molecule has 0 aliphatic rings. The SMILES string of the molecule is Cc1nn(C)c(C)c1C(=O)N=C=O. The first-order valence-corrected chi connectivity index (χ1v) is 3.70. The summed E-state index contributed by atoms with van der Waals surface area (Å²) in [5.74, 6) is -0.585. The second kappa shape index (κ2) is 3.33. The quantitative estimate of drug-likeness (QED) is 0.466. The second-order valence-electron chi connectivity index (χ2n) is 2.68. The molecule has 1 rings (SSSR count). The van der Waals surface area contributed by atoms with Crippen molar-refractivity contribution in [2.45, 2.75) is 13.8 Å². The van der Waals surface area contributed by atoms with E-state index in [1.807, 2.05) is 0 Å². The monoisotopic (exact) mass is 179 g/mol. The van der Waals surface area contributed by atoms with E-state index in [0.29, 0.717) is 17.0 Å². The van der Waals surface area contributed by atoms with Gasteiger partial charge in [0.2, 0.25) is 6.08 Å².